The number of allylic oxidation sites excluding steroid dienone is 1. The van der Waals surface area contributed by atoms with Crippen LogP contribution in [-0.2, 0) is 32.0 Å². The molecule has 13 heteroatoms. The first-order valence-electron chi connectivity index (χ1n) is 15.2. The van der Waals surface area contributed by atoms with E-state index in [1.807, 2.05) is 19.9 Å². The first-order valence-corrected chi connectivity index (χ1v) is 15.8. The number of thiol groups is 1. The summed E-state index contributed by atoms with van der Waals surface area (Å²) in [5.74, 6) is -3.56. The van der Waals surface area contributed by atoms with Crippen molar-refractivity contribution in [1.82, 2.24) is 20.6 Å². The maximum absolute atomic E-state index is 12.5. The molecule has 2 aromatic rings. The van der Waals surface area contributed by atoms with Crippen LogP contribution in [0, 0.1) is 31.6 Å². The van der Waals surface area contributed by atoms with E-state index in [4.69, 9.17) is 0 Å². The van der Waals surface area contributed by atoms with Gasteiger partial charge in [0.05, 0.1) is 22.9 Å². The maximum atomic E-state index is 12.5. The van der Waals surface area contributed by atoms with Crippen LogP contribution in [0.4, 0.5) is 0 Å². The van der Waals surface area contributed by atoms with E-state index < -0.39 is 35.9 Å². The first-order chi connectivity index (χ1) is 21.6. The van der Waals surface area contributed by atoms with Crippen LogP contribution in [0.5, 0.6) is 0 Å². The van der Waals surface area contributed by atoms with Gasteiger partial charge in [-0.05, 0) is 68.2 Å². The molecule has 2 saturated heterocycles. The molecule has 2 fully saturated rings. The largest absolute Gasteiger partial charge is 0.511 e. The molecule has 2 aliphatic heterocycles. The normalized spacial score (nSPS) is 26.4. The van der Waals surface area contributed by atoms with Gasteiger partial charge >= 0.3 is 11.9 Å². The Kier molecular flexibility index (Phi) is 10.3. The van der Waals surface area contributed by atoms with Gasteiger partial charge in [0.1, 0.15) is 12.2 Å². The quantitative estimate of drug-likeness (QED) is 0.121. The summed E-state index contributed by atoms with van der Waals surface area (Å²) in [6.07, 6.45) is 5.16. The number of carbonyl (C=O) groups is 4. The molecule has 4 rings (SSSR count). The smallest absolute Gasteiger partial charge is 0.311 e. The van der Waals surface area contributed by atoms with E-state index in [1.54, 1.807) is 19.9 Å². The van der Waals surface area contributed by atoms with E-state index in [1.165, 1.54) is 6.08 Å². The van der Waals surface area contributed by atoms with E-state index >= 15 is 0 Å². The highest BCUT2D eigenvalue weighted by atomic mass is 32.1. The topological polar surface area (TPSA) is 205 Å². The summed E-state index contributed by atoms with van der Waals surface area (Å²) in [7, 11) is 0. The van der Waals surface area contributed by atoms with Gasteiger partial charge in [-0.2, -0.15) is 12.6 Å². The third-order valence-corrected chi connectivity index (χ3v) is 9.58. The Hall–Kier alpha value is -4.23. The zero-order valence-electron chi connectivity index (χ0n) is 26.4. The van der Waals surface area contributed by atoms with Gasteiger partial charge in [-0.25, -0.2) is 0 Å². The molecule has 2 aromatic heterocycles. The number of aliphatic hydroxyl groups excluding tert-OH is 1. The van der Waals surface area contributed by atoms with Crippen LogP contribution in [0.1, 0.15) is 66.9 Å². The molecule has 0 radical (unpaired) electrons. The lowest BCUT2D eigenvalue weighted by molar-refractivity contribution is -0.137. The molecule has 0 bridgehead atoms. The first kappa shape index (κ1) is 34.6. The lowest BCUT2D eigenvalue weighted by Gasteiger charge is -2.27. The third-order valence-electron chi connectivity index (χ3n) is 9.32. The van der Waals surface area contributed by atoms with Gasteiger partial charge in [-0.1, -0.05) is 13.0 Å². The number of carbonyl (C=O) groups excluding carboxylic acids is 2. The van der Waals surface area contributed by atoms with Crippen molar-refractivity contribution in [3.8, 4) is 0 Å². The van der Waals surface area contributed by atoms with Crippen molar-refractivity contribution in [2.45, 2.75) is 71.4 Å². The number of hydrogen-bond donors (Lipinski definition) is 9. The monoisotopic (exact) mass is 654 g/mol. The van der Waals surface area contributed by atoms with Crippen LogP contribution in [0.2, 0.25) is 0 Å². The van der Waals surface area contributed by atoms with Crippen molar-refractivity contribution in [3.63, 3.8) is 0 Å². The Morgan fingerprint density at radius 2 is 1.72 bits per heavy atom. The number of rotatable bonds is 12. The molecular formula is C33H42N4O8S. The van der Waals surface area contributed by atoms with Gasteiger partial charge in [0.2, 0.25) is 11.8 Å². The molecular weight excluding hydrogens is 612 g/mol. The average molecular weight is 655 g/mol. The SMILES string of the molecule is C=CC1C(=O)N[C@H](Cc2[nH]c(=C\c3[nH]c(/C=C4\NC(=O)[C@H](C)[C@H]4CCS)c(C)c3CCC(=O)O)/c(=C(/O)CC(=O)O)c2C)[C@@]1(C)O. The third kappa shape index (κ3) is 6.80. The summed E-state index contributed by atoms with van der Waals surface area (Å²) in [5, 5.41) is 47.4. The van der Waals surface area contributed by atoms with Crippen molar-refractivity contribution in [2.75, 3.05) is 5.75 Å². The minimum atomic E-state index is -1.45. The molecule has 0 aromatic carbocycles. The fourth-order valence-electron chi connectivity index (χ4n) is 6.57. The lowest BCUT2D eigenvalue weighted by Crippen LogP contribution is -2.44. The predicted octanol–water partition coefficient (Wildman–Crippen LogP) is 1.58. The number of amides is 2. The number of aliphatic carboxylic acids is 2. The van der Waals surface area contributed by atoms with Crippen LogP contribution in [0.3, 0.4) is 0 Å². The molecule has 12 nitrogen and oxygen atoms in total. The highest BCUT2D eigenvalue weighted by molar-refractivity contribution is 7.80. The van der Waals surface area contributed by atoms with Crippen molar-refractivity contribution < 1.29 is 39.6 Å². The summed E-state index contributed by atoms with van der Waals surface area (Å²) < 4.78 is 0. The molecule has 0 spiro atoms. The van der Waals surface area contributed by atoms with Gasteiger partial charge in [0.25, 0.3) is 0 Å². The molecule has 2 aliphatic rings. The van der Waals surface area contributed by atoms with Crippen molar-refractivity contribution in [1.29, 1.82) is 0 Å². The average Bonchev–Trinajstić information content (AvgIpc) is 3.59. The molecule has 5 atom stereocenters. The fraction of sp³-hybridized carbons (Fsp3) is 0.455. The second kappa shape index (κ2) is 13.6. The van der Waals surface area contributed by atoms with E-state index in [0.29, 0.717) is 45.7 Å². The van der Waals surface area contributed by atoms with Crippen molar-refractivity contribution >= 4 is 54.3 Å². The van der Waals surface area contributed by atoms with Gasteiger partial charge in [-0.3, -0.25) is 19.2 Å². The van der Waals surface area contributed by atoms with E-state index in [0.717, 1.165) is 11.3 Å². The molecule has 0 saturated carbocycles. The van der Waals surface area contributed by atoms with Gasteiger partial charge in [-0.15, -0.1) is 6.58 Å². The fourth-order valence-corrected chi connectivity index (χ4v) is 6.85. The van der Waals surface area contributed by atoms with E-state index in [-0.39, 0.29) is 53.9 Å². The molecule has 0 aliphatic carbocycles. The standard InChI is InChI=1S/C33H42N4O8S/c1-6-20-32(44)37-27(33(20,5)45)13-22-17(4)30(26(38)14-29(41)42)25(35-22)12-23-18(7-8-28(39)40)15(2)21(34-23)11-24-19(9-10-46)16(3)31(43)36-24/h6,11-12,16,19-20,27,34-35,38,45-46H,1,7-10,13-14H2,2-5H3,(H,36,43)(H,37,44)(H,39,40)(H,41,42)/b24-11-,25-12-,30-26+/t16-,19-,20?,27-,33+/m1/s1. The summed E-state index contributed by atoms with van der Waals surface area (Å²) in [5.41, 5.74) is 3.08. The summed E-state index contributed by atoms with van der Waals surface area (Å²) in [6, 6.07) is -0.700. The Balaban J connectivity index is 1.90. The summed E-state index contributed by atoms with van der Waals surface area (Å²) in [4.78, 5) is 54.7. The van der Waals surface area contributed by atoms with Crippen molar-refractivity contribution in [3.05, 3.63) is 62.7 Å². The maximum Gasteiger partial charge on any atom is 0.311 e. The Bertz CT molecular complexity index is 1730. The van der Waals surface area contributed by atoms with E-state index in [2.05, 4.69) is 39.8 Å². The molecule has 248 valence electrons. The Morgan fingerprint density at radius 1 is 1.02 bits per heavy atom. The Labute approximate surface area is 271 Å². The van der Waals surface area contributed by atoms with Gasteiger partial charge in [0.15, 0.2) is 0 Å². The zero-order chi connectivity index (χ0) is 34.1. The number of aliphatic hydroxyl groups is 2. The van der Waals surface area contributed by atoms with Crippen LogP contribution >= 0.6 is 12.6 Å². The van der Waals surface area contributed by atoms with Gasteiger partial charge < -0.3 is 41.0 Å². The van der Waals surface area contributed by atoms with Crippen LogP contribution in [-0.4, -0.2) is 71.5 Å². The molecule has 4 heterocycles. The molecule has 46 heavy (non-hydrogen) atoms. The number of carboxylic acids is 2. The van der Waals surface area contributed by atoms with Crippen LogP contribution in [0.15, 0.2) is 18.4 Å². The number of H-pyrrole nitrogens is 2. The summed E-state index contributed by atoms with van der Waals surface area (Å²) >= 11 is 4.36. The highest BCUT2D eigenvalue weighted by Crippen LogP contribution is 2.33. The van der Waals surface area contributed by atoms with E-state index in [9.17, 15) is 39.6 Å². The number of carboxylic acid groups (broad SMARTS) is 2. The zero-order valence-corrected chi connectivity index (χ0v) is 27.3. The molecule has 1 unspecified atom stereocenters. The number of hydrogen-bond acceptors (Lipinski definition) is 7. The van der Waals surface area contributed by atoms with Crippen LogP contribution < -0.4 is 21.2 Å². The highest BCUT2D eigenvalue weighted by Gasteiger charge is 2.49. The second-order valence-corrected chi connectivity index (χ2v) is 12.8. The minimum absolute atomic E-state index is 0.0562. The lowest BCUT2D eigenvalue weighted by atomic mass is 9.85. The summed E-state index contributed by atoms with van der Waals surface area (Å²) in [6.45, 7) is 10.6. The number of aromatic amines is 2. The predicted molar refractivity (Wildman–Crippen MR) is 175 cm³/mol. The molecule has 2 amide bonds. The van der Waals surface area contributed by atoms with Gasteiger partial charge in [0, 0.05) is 52.7 Å². The van der Waals surface area contributed by atoms with Crippen LogP contribution in [0.25, 0.3) is 17.9 Å². The minimum Gasteiger partial charge on any atom is -0.511 e. The Morgan fingerprint density at radius 3 is 2.30 bits per heavy atom. The molecule has 8 N–H and O–H groups in total. The van der Waals surface area contributed by atoms with Crippen molar-refractivity contribution in [2.24, 2.45) is 17.8 Å². The number of aromatic nitrogens is 2. The second-order valence-electron chi connectivity index (χ2n) is 12.3. The number of nitrogens with one attached hydrogen (secondary N) is 4.